The van der Waals surface area contributed by atoms with E-state index in [-0.39, 0.29) is 0 Å². The predicted octanol–water partition coefficient (Wildman–Crippen LogP) is 3.22. The van der Waals surface area contributed by atoms with E-state index in [9.17, 15) is 0 Å². The van der Waals surface area contributed by atoms with Crippen molar-refractivity contribution < 1.29 is 0 Å². The van der Waals surface area contributed by atoms with E-state index >= 15 is 0 Å². The Morgan fingerprint density at radius 3 is 2.60 bits per heavy atom. The Balaban J connectivity index is 1.90. The molecule has 2 heterocycles. The summed E-state index contributed by atoms with van der Waals surface area (Å²) in [5.74, 6) is 3.10. The molecule has 1 fully saturated rings. The summed E-state index contributed by atoms with van der Waals surface area (Å²) < 4.78 is 0. The second-order valence-electron chi connectivity index (χ2n) is 6.33. The van der Waals surface area contributed by atoms with Crippen LogP contribution in [-0.2, 0) is 0 Å². The summed E-state index contributed by atoms with van der Waals surface area (Å²) >= 11 is 5.96. The van der Waals surface area contributed by atoms with Gasteiger partial charge in [0, 0.05) is 31.7 Å². The molecular formula is C15H25ClN4. The summed E-state index contributed by atoms with van der Waals surface area (Å²) in [6.07, 6.45) is 1.35. The maximum atomic E-state index is 5.96. The van der Waals surface area contributed by atoms with Gasteiger partial charge >= 0.3 is 0 Å². The average Bonchev–Trinajstić information content (AvgIpc) is 2.24. The first-order chi connectivity index (χ1) is 9.42. The quantitative estimate of drug-likeness (QED) is 0.866. The standard InChI is InChI=1S/C15H25ClN4/c1-10-5-11(2)8-20(7-10)9-12(3)17-15-6-14(16)18-13(4)19-15/h6,10-12H,5,7-9H2,1-4H3,(H,17,18,19). The van der Waals surface area contributed by atoms with Gasteiger partial charge < -0.3 is 10.2 Å². The fraction of sp³-hybridized carbons (Fsp3) is 0.733. The van der Waals surface area contributed by atoms with Crippen molar-refractivity contribution in [1.82, 2.24) is 14.9 Å². The predicted molar refractivity (Wildman–Crippen MR) is 84.2 cm³/mol. The number of rotatable bonds is 4. The zero-order valence-electron chi connectivity index (χ0n) is 12.9. The fourth-order valence-corrected chi connectivity index (χ4v) is 3.46. The number of nitrogens with zero attached hydrogens (tertiary/aromatic N) is 3. The Kier molecular flexibility index (Phi) is 5.22. The van der Waals surface area contributed by atoms with Gasteiger partial charge in [-0.3, -0.25) is 0 Å². The molecule has 2 rings (SSSR count). The molecule has 0 radical (unpaired) electrons. The van der Waals surface area contributed by atoms with Gasteiger partial charge in [0.1, 0.15) is 16.8 Å². The van der Waals surface area contributed by atoms with Crippen LogP contribution in [0.5, 0.6) is 0 Å². The molecule has 1 aromatic heterocycles. The van der Waals surface area contributed by atoms with Crippen LogP contribution in [0.15, 0.2) is 6.07 Å². The van der Waals surface area contributed by atoms with Crippen LogP contribution in [0.2, 0.25) is 5.15 Å². The molecule has 1 aliphatic heterocycles. The summed E-state index contributed by atoms with van der Waals surface area (Å²) in [6.45, 7) is 12.2. The van der Waals surface area contributed by atoms with Crippen LogP contribution in [0.1, 0.15) is 33.0 Å². The first kappa shape index (κ1) is 15.5. The Hall–Kier alpha value is -0.870. The molecular weight excluding hydrogens is 272 g/mol. The molecule has 0 spiro atoms. The van der Waals surface area contributed by atoms with Crippen molar-refractivity contribution in [2.24, 2.45) is 11.8 Å². The molecule has 0 aliphatic carbocycles. The molecule has 0 bridgehead atoms. The minimum absolute atomic E-state index is 0.345. The number of hydrogen-bond acceptors (Lipinski definition) is 4. The highest BCUT2D eigenvalue weighted by molar-refractivity contribution is 6.29. The molecule has 5 heteroatoms. The summed E-state index contributed by atoms with van der Waals surface area (Å²) in [6, 6.07) is 2.13. The van der Waals surface area contributed by atoms with E-state index in [1.807, 2.05) is 6.92 Å². The SMILES string of the molecule is Cc1nc(Cl)cc(NC(C)CN2CC(C)CC(C)C2)n1. The van der Waals surface area contributed by atoms with Crippen LogP contribution in [0.25, 0.3) is 0 Å². The van der Waals surface area contributed by atoms with Crippen molar-refractivity contribution in [2.75, 3.05) is 25.0 Å². The van der Waals surface area contributed by atoms with Gasteiger partial charge in [-0.2, -0.15) is 0 Å². The monoisotopic (exact) mass is 296 g/mol. The number of halogens is 1. The summed E-state index contributed by atoms with van der Waals surface area (Å²) in [5, 5.41) is 3.92. The van der Waals surface area contributed by atoms with Gasteiger partial charge in [0.25, 0.3) is 0 Å². The molecule has 3 atom stereocenters. The van der Waals surface area contributed by atoms with Crippen molar-refractivity contribution in [2.45, 2.75) is 40.2 Å². The van der Waals surface area contributed by atoms with Crippen LogP contribution in [0.3, 0.4) is 0 Å². The minimum Gasteiger partial charge on any atom is -0.366 e. The Morgan fingerprint density at radius 2 is 2.00 bits per heavy atom. The van der Waals surface area contributed by atoms with Crippen molar-refractivity contribution in [3.8, 4) is 0 Å². The normalized spacial score (nSPS) is 25.4. The molecule has 20 heavy (non-hydrogen) atoms. The topological polar surface area (TPSA) is 41.1 Å². The highest BCUT2D eigenvalue weighted by Crippen LogP contribution is 2.21. The molecule has 1 aliphatic rings. The highest BCUT2D eigenvalue weighted by Gasteiger charge is 2.22. The number of piperidine rings is 1. The van der Waals surface area contributed by atoms with Gasteiger partial charge in [-0.15, -0.1) is 0 Å². The number of aryl methyl sites for hydroxylation is 1. The Bertz CT molecular complexity index is 421. The van der Waals surface area contributed by atoms with E-state index in [0.717, 1.165) is 24.2 Å². The molecule has 4 nitrogen and oxygen atoms in total. The second-order valence-corrected chi connectivity index (χ2v) is 6.72. The third kappa shape index (κ3) is 4.60. The molecule has 1 aromatic rings. The van der Waals surface area contributed by atoms with Gasteiger partial charge in [-0.1, -0.05) is 25.4 Å². The molecule has 0 amide bonds. The second kappa shape index (κ2) is 6.72. The lowest BCUT2D eigenvalue weighted by Gasteiger charge is -2.36. The number of nitrogens with one attached hydrogen (secondary N) is 1. The molecule has 0 saturated carbocycles. The lowest BCUT2D eigenvalue weighted by molar-refractivity contribution is 0.138. The fourth-order valence-electron chi connectivity index (χ4n) is 3.23. The van der Waals surface area contributed by atoms with Gasteiger partial charge in [-0.05, 0) is 32.1 Å². The summed E-state index contributed by atoms with van der Waals surface area (Å²) in [7, 11) is 0. The van der Waals surface area contributed by atoms with Crippen LogP contribution < -0.4 is 5.32 Å². The van der Waals surface area contributed by atoms with Gasteiger partial charge in [0.2, 0.25) is 0 Å². The average molecular weight is 297 g/mol. The van der Waals surface area contributed by atoms with Crippen molar-refractivity contribution in [1.29, 1.82) is 0 Å². The first-order valence-electron chi connectivity index (χ1n) is 7.42. The van der Waals surface area contributed by atoms with Crippen LogP contribution >= 0.6 is 11.6 Å². The molecule has 1 N–H and O–H groups in total. The third-order valence-electron chi connectivity index (χ3n) is 3.68. The maximum Gasteiger partial charge on any atom is 0.134 e. The Morgan fingerprint density at radius 1 is 1.35 bits per heavy atom. The van der Waals surface area contributed by atoms with Crippen LogP contribution in [0, 0.1) is 18.8 Å². The van der Waals surface area contributed by atoms with Crippen molar-refractivity contribution >= 4 is 17.4 Å². The summed E-state index contributed by atoms with van der Waals surface area (Å²) in [5.41, 5.74) is 0. The van der Waals surface area contributed by atoms with Crippen LogP contribution in [-0.4, -0.2) is 40.5 Å². The lowest BCUT2D eigenvalue weighted by atomic mass is 9.92. The molecule has 112 valence electrons. The van der Waals surface area contributed by atoms with Gasteiger partial charge in [0.05, 0.1) is 0 Å². The first-order valence-corrected chi connectivity index (χ1v) is 7.80. The van der Waals surface area contributed by atoms with E-state index in [1.54, 1.807) is 6.07 Å². The van der Waals surface area contributed by atoms with Crippen molar-refractivity contribution in [3.63, 3.8) is 0 Å². The van der Waals surface area contributed by atoms with Crippen molar-refractivity contribution in [3.05, 3.63) is 17.0 Å². The zero-order valence-corrected chi connectivity index (χ0v) is 13.6. The molecule has 1 saturated heterocycles. The third-order valence-corrected chi connectivity index (χ3v) is 3.87. The Labute approximate surface area is 126 Å². The molecule has 3 unspecified atom stereocenters. The van der Waals surface area contributed by atoms with E-state index < -0.39 is 0 Å². The summed E-state index contributed by atoms with van der Waals surface area (Å²) in [4.78, 5) is 11.0. The lowest BCUT2D eigenvalue weighted by Crippen LogP contribution is -2.43. The van der Waals surface area contributed by atoms with E-state index in [1.165, 1.54) is 19.5 Å². The zero-order chi connectivity index (χ0) is 14.7. The van der Waals surface area contributed by atoms with E-state index in [0.29, 0.717) is 17.0 Å². The van der Waals surface area contributed by atoms with Gasteiger partial charge in [0.15, 0.2) is 0 Å². The minimum atomic E-state index is 0.345. The smallest absolute Gasteiger partial charge is 0.134 e. The van der Waals surface area contributed by atoms with Gasteiger partial charge in [-0.25, -0.2) is 9.97 Å². The number of aromatic nitrogens is 2. The number of anilines is 1. The maximum absolute atomic E-state index is 5.96. The molecule has 0 aromatic carbocycles. The number of likely N-dealkylation sites (tertiary alicyclic amines) is 1. The highest BCUT2D eigenvalue weighted by atomic mass is 35.5. The van der Waals surface area contributed by atoms with Crippen LogP contribution in [0.4, 0.5) is 5.82 Å². The number of hydrogen-bond donors (Lipinski definition) is 1. The largest absolute Gasteiger partial charge is 0.366 e. The van der Waals surface area contributed by atoms with E-state index in [4.69, 9.17) is 11.6 Å². The van der Waals surface area contributed by atoms with E-state index in [2.05, 4.69) is 41.0 Å².